The molecule has 7 heteroatoms. The van der Waals surface area contributed by atoms with Gasteiger partial charge in [0, 0.05) is 35.4 Å². The number of rotatable bonds is 5. The van der Waals surface area contributed by atoms with Gasteiger partial charge in [-0.3, -0.25) is 4.79 Å². The molecular formula is C13H13NO4S2. The molecule has 1 aliphatic rings. The topological polar surface area (TPSA) is 68.5 Å². The van der Waals surface area contributed by atoms with Crippen LogP contribution >= 0.6 is 24.1 Å². The molecule has 1 unspecified atom stereocenters. The maximum Gasteiger partial charge on any atom is 0.171 e. The van der Waals surface area contributed by atoms with Crippen LogP contribution < -0.4 is 4.74 Å². The van der Waals surface area contributed by atoms with Crippen molar-refractivity contribution in [3.05, 3.63) is 17.7 Å². The minimum absolute atomic E-state index is 0.0278. The van der Waals surface area contributed by atoms with Gasteiger partial charge in [-0.2, -0.15) is 5.26 Å². The Morgan fingerprint density at radius 2 is 2.15 bits per heavy atom. The number of fused-ring (bicyclic) bond motifs is 1. The molecule has 0 bridgehead atoms. The lowest BCUT2D eigenvalue weighted by Gasteiger charge is -2.25. The van der Waals surface area contributed by atoms with Crippen molar-refractivity contribution in [1.82, 2.24) is 0 Å². The van der Waals surface area contributed by atoms with Crippen molar-refractivity contribution in [2.24, 2.45) is 0 Å². The van der Waals surface area contributed by atoms with Crippen molar-refractivity contribution >= 4 is 29.9 Å². The highest BCUT2D eigenvalue weighted by Gasteiger charge is 2.29. The van der Waals surface area contributed by atoms with Gasteiger partial charge in [0.25, 0.3) is 0 Å². The Labute approximate surface area is 126 Å². The molecule has 0 radical (unpaired) electrons. The molecule has 0 fully saturated rings. The molecule has 0 spiro atoms. The molecule has 5 nitrogen and oxygen atoms in total. The van der Waals surface area contributed by atoms with Gasteiger partial charge in [0.15, 0.2) is 5.78 Å². The minimum Gasteiger partial charge on any atom is -0.488 e. The van der Waals surface area contributed by atoms with Gasteiger partial charge in [0.2, 0.25) is 0 Å². The van der Waals surface area contributed by atoms with E-state index in [1.54, 1.807) is 20.3 Å². The summed E-state index contributed by atoms with van der Waals surface area (Å²) in [6.45, 7) is 0. The number of carbonyl (C=O) groups is 1. The third-order valence-electron chi connectivity index (χ3n) is 2.70. The normalized spacial score (nSPS) is 17.2. The van der Waals surface area contributed by atoms with Gasteiger partial charge in [-0.1, -0.05) is 0 Å². The summed E-state index contributed by atoms with van der Waals surface area (Å²) < 4.78 is 15.8. The Morgan fingerprint density at radius 1 is 1.40 bits per heavy atom. The van der Waals surface area contributed by atoms with Crippen LogP contribution in [0.3, 0.4) is 0 Å². The van der Waals surface area contributed by atoms with E-state index in [2.05, 4.69) is 0 Å². The van der Waals surface area contributed by atoms with E-state index in [-0.39, 0.29) is 24.7 Å². The van der Waals surface area contributed by atoms with Crippen LogP contribution in [0.25, 0.3) is 0 Å². The quantitative estimate of drug-likeness (QED) is 0.773. The lowest BCUT2D eigenvalue weighted by molar-refractivity contribution is 0.0850. The van der Waals surface area contributed by atoms with E-state index < -0.39 is 0 Å². The molecule has 1 aliphatic heterocycles. The number of hydrogen-bond donors (Lipinski definition) is 0. The molecule has 0 amide bonds. The molecule has 0 saturated carbocycles. The van der Waals surface area contributed by atoms with Crippen molar-refractivity contribution in [2.75, 3.05) is 14.2 Å². The fourth-order valence-corrected chi connectivity index (χ4v) is 3.22. The van der Waals surface area contributed by atoms with Crippen LogP contribution in [-0.4, -0.2) is 26.1 Å². The van der Waals surface area contributed by atoms with Crippen molar-refractivity contribution < 1.29 is 17.9 Å². The first-order valence-corrected chi connectivity index (χ1v) is 7.34. The summed E-state index contributed by atoms with van der Waals surface area (Å²) in [5.41, 5.74) is 0.520. The number of benzene rings is 1. The van der Waals surface area contributed by atoms with Gasteiger partial charge < -0.3 is 13.1 Å². The van der Waals surface area contributed by atoms with Gasteiger partial charge in [-0.05, 0) is 12.1 Å². The molecule has 20 heavy (non-hydrogen) atoms. The van der Waals surface area contributed by atoms with Crippen LogP contribution in [0.2, 0.25) is 0 Å². The van der Waals surface area contributed by atoms with Gasteiger partial charge >= 0.3 is 0 Å². The predicted molar refractivity (Wildman–Crippen MR) is 75.8 cm³/mol. The zero-order chi connectivity index (χ0) is 14.5. The SMILES string of the molecule is COSc1cc2c(c(SOC)c1)C(=O)CC(CC#N)O2. The molecule has 106 valence electrons. The second kappa shape index (κ2) is 6.99. The second-order valence-corrected chi connectivity index (χ2v) is 5.94. The fourth-order valence-electron chi connectivity index (χ4n) is 1.98. The second-order valence-electron chi connectivity index (χ2n) is 4.02. The molecule has 0 N–H and O–H groups in total. The van der Waals surface area contributed by atoms with E-state index in [1.807, 2.05) is 12.1 Å². The van der Waals surface area contributed by atoms with Crippen LogP contribution in [0.15, 0.2) is 21.9 Å². The molecule has 1 heterocycles. The molecule has 1 atom stereocenters. The summed E-state index contributed by atoms with van der Waals surface area (Å²) in [6, 6.07) is 5.61. The van der Waals surface area contributed by atoms with E-state index in [0.717, 1.165) is 16.9 Å². The van der Waals surface area contributed by atoms with Gasteiger partial charge in [-0.15, -0.1) is 0 Å². The van der Waals surface area contributed by atoms with E-state index in [4.69, 9.17) is 18.4 Å². The smallest absolute Gasteiger partial charge is 0.171 e. The average molecular weight is 311 g/mol. The molecule has 0 aliphatic carbocycles. The molecule has 0 saturated heterocycles. The Hall–Kier alpha value is -1.20. The highest BCUT2D eigenvalue weighted by molar-refractivity contribution is 7.95. The zero-order valence-electron chi connectivity index (χ0n) is 11.0. The van der Waals surface area contributed by atoms with Crippen molar-refractivity contribution in [2.45, 2.75) is 28.7 Å². The number of hydrogen-bond acceptors (Lipinski definition) is 7. The molecule has 2 rings (SSSR count). The summed E-state index contributed by atoms with van der Waals surface area (Å²) in [5.74, 6) is 0.461. The maximum absolute atomic E-state index is 12.2. The molecule has 1 aromatic rings. The number of nitrogens with zero attached hydrogens (tertiary/aromatic N) is 1. The van der Waals surface area contributed by atoms with Crippen LogP contribution in [-0.2, 0) is 8.37 Å². The fraction of sp³-hybridized carbons (Fsp3) is 0.385. The summed E-state index contributed by atoms with van der Waals surface area (Å²) in [6.07, 6.45) is 0.0250. The first-order chi connectivity index (χ1) is 9.69. The lowest BCUT2D eigenvalue weighted by atomic mass is 9.99. The Morgan fingerprint density at radius 3 is 2.80 bits per heavy atom. The first kappa shape index (κ1) is 15.2. The largest absolute Gasteiger partial charge is 0.488 e. The minimum atomic E-state index is -0.386. The summed E-state index contributed by atoms with van der Waals surface area (Å²) in [4.78, 5) is 13.8. The third kappa shape index (κ3) is 3.27. The van der Waals surface area contributed by atoms with Crippen molar-refractivity contribution in [3.8, 4) is 11.8 Å². The summed E-state index contributed by atoms with van der Waals surface area (Å²) in [7, 11) is 3.11. The highest BCUT2D eigenvalue weighted by Crippen LogP contribution is 2.39. The molecule has 1 aromatic carbocycles. The van der Waals surface area contributed by atoms with Crippen LogP contribution in [0.4, 0.5) is 0 Å². The lowest BCUT2D eigenvalue weighted by Crippen LogP contribution is -2.27. The maximum atomic E-state index is 12.2. The van der Waals surface area contributed by atoms with Crippen LogP contribution in [0.5, 0.6) is 5.75 Å². The Bertz CT molecular complexity index is 556. The Kier molecular flexibility index (Phi) is 5.31. The van der Waals surface area contributed by atoms with Crippen molar-refractivity contribution in [1.29, 1.82) is 5.26 Å². The van der Waals surface area contributed by atoms with E-state index >= 15 is 0 Å². The van der Waals surface area contributed by atoms with Gasteiger partial charge in [-0.25, -0.2) is 0 Å². The number of ketones is 1. The highest BCUT2D eigenvalue weighted by atomic mass is 32.2. The van der Waals surface area contributed by atoms with Gasteiger partial charge in [0.05, 0.1) is 37.2 Å². The number of Topliss-reactive ketones (excluding diaryl/α,β-unsaturated/α-hetero) is 1. The molecule has 0 aromatic heterocycles. The van der Waals surface area contributed by atoms with E-state index in [1.165, 1.54) is 12.0 Å². The average Bonchev–Trinajstić information content (AvgIpc) is 2.39. The van der Waals surface area contributed by atoms with E-state index in [9.17, 15) is 4.79 Å². The van der Waals surface area contributed by atoms with Crippen molar-refractivity contribution in [3.63, 3.8) is 0 Å². The Balaban J connectivity index is 2.42. The van der Waals surface area contributed by atoms with E-state index in [0.29, 0.717) is 16.2 Å². The summed E-state index contributed by atoms with van der Waals surface area (Å²) >= 11 is 2.29. The predicted octanol–water partition coefficient (Wildman–Crippen LogP) is 3.24. The number of nitriles is 1. The van der Waals surface area contributed by atoms with Crippen LogP contribution in [0, 0.1) is 11.3 Å². The monoisotopic (exact) mass is 311 g/mol. The standard InChI is InChI=1S/C13H13NO4S2/c1-16-19-9-6-11-13(12(7-9)20-17-2)10(15)5-8(18-11)3-4-14/h6-8H,3,5H2,1-2H3. The first-order valence-electron chi connectivity index (χ1n) is 5.85. The van der Waals surface area contributed by atoms with Crippen LogP contribution in [0.1, 0.15) is 23.2 Å². The number of carbonyl (C=O) groups excluding carboxylic acids is 1. The zero-order valence-corrected chi connectivity index (χ0v) is 12.7. The molecular weight excluding hydrogens is 298 g/mol. The third-order valence-corrected chi connectivity index (χ3v) is 3.96. The number of ether oxygens (including phenoxy) is 1. The summed E-state index contributed by atoms with van der Waals surface area (Å²) in [5, 5.41) is 8.74. The van der Waals surface area contributed by atoms with Gasteiger partial charge in [0.1, 0.15) is 11.9 Å².